The van der Waals surface area contributed by atoms with Crippen LogP contribution in [0, 0.1) is 0 Å². The average Bonchev–Trinajstić information content (AvgIpc) is 3.62. The lowest BCUT2D eigenvalue weighted by Crippen LogP contribution is -2.11. The monoisotopic (exact) mass is 492 g/mol. The summed E-state index contributed by atoms with van der Waals surface area (Å²) in [5.41, 5.74) is 2.23. The lowest BCUT2D eigenvalue weighted by atomic mass is 10.2. The van der Waals surface area contributed by atoms with E-state index in [1.54, 1.807) is 78.2 Å². The molecule has 0 saturated heterocycles. The Kier molecular flexibility index (Phi) is 5.70. The fourth-order valence-electron chi connectivity index (χ4n) is 3.10. The molecule has 5 rings (SSSR count). The lowest BCUT2D eigenvalue weighted by Gasteiger charge is -2.06. The summed E-state index contributed by atoms with van der Waals surface area (Å²) in [7, 11) is -3.62. The molecule has 1 amide bonds. The summed E-state index contributed by atoms with van der Waals surface area (Å²) >= 11 is 1.14. The molecule has 0 saturated carbocycles. The number of amides is 1. The summed E-state index contributed by atoms with van der Waals surface area (Å²) in [6.07, 6.45) is 1.43. The van der Waals surface area contributed by atoms with Crippen LogP contribution in [0.5, 0.6) is 0 Å². The molecule has 34 heavy (non-hydrogen) atoms. The number of rotatable bonds is 7. The zero-order valence-corrected chi connectivity index (χ0v) is 19.0. The van der Waals surface area contributed by atoms with Gasteiger partial charge in [0, 0.05) is 22.5 Å². The van der Waals surface area contributed by atoms with Gasteiger partial charge >= 0.3 is 0 Å². The van der Waals surface area contributed by atoms with E-state index in [1.807, 2.05) is 0 Å². The molecule has 0 atom stereocenters. The third kappa shape index (κ3) is 4.60. The number of carbonyl (C=O) groups is 1. The van der Waals surface area contributed by atoms with Crippen LogP contribution in [0.1, 0.15) is 10.6 Å². The third-order valence-electron chi connectivity index (χ3n) is 4.69. The van der Waals surface area contributed by atoms with Gasteiger partial charge in [0.1, 0.15) is 4.21 Å². The minimum atomic E-state index is -3.62. The summed E-state index contributed by atoms with van der Waals surface area (Å²) in [4.78, 5) is 16.6. The van der Waals surface area contributed by atoms with Crippen LogP contribution in [0.4, 0.5) is 11.4 Å². The smallest absolute Gasteiger partial charge is 0.291 e. The van der Waals surface area contributed by atoms with Crippen LogP contribution in [-0.2, 0) is 10.0 Å². The first-order valence-electron chi connectivity index (χ1n) is 9.94. The van der Waals surface area contributed by atoms with Crippen molar-refractivity contribution in [2.75, 3.05) is 10.0 Å². The minimum Gasteiger partial charge on any atom is -0.459 e. The van der Waals surface area contributed by atoms with Crippen LogP contribution in [-0.4, -0.2) is 24.5 Å². The largest absolute Gasteiger partial charge is 0.459 e. The fourth-order valence-corrected chi connectivity index (χ4v) is 5.15. The van der Waals surface area contributed by atoms with Crippen LogP contribution >= 0.6 is 11.3 Å². The van der Waals surface area contributed by atoms with Gasteiger partial charge < -0.3 is 14.3 Å². The van der Waals surface area contributed by atoms with Gasteiger partial charge in [-0.15, -0.1) is 11.3 Å². The van der Waals surface area contributed by atoms with Gasteiger partial charge in [0.2, 0.25) is 5.82 Å². The molecule has 0 aliphatic carbocycles. The number of furan rings is 1. The first-order chi connectivity index (χ1) is 16.5. The van der Waals surface area contributed by atoms with Crippen molar-refractivity contribution in [3.8, 4) is 22.8 Å². The maximum absolute atomic E-state index is 12.4. The molecule has 3 aromatic heterocycles. The molecule has 0 fully saturated rings. The second-order valence-corrected chi connectivity index (χ2v) is 9.91. The quantitative estimate of drug-likeness (QED) is 0.323. The summed E-state index contributed by atoms with van der Waals surface area (Å²) in [6.45, 7) is 0. The van der Waals surface area contributed by atoms with E-state index >= 15 is 0 Å². The van der Waals surface area contributed by atoms with Crippen LogP contribution in [0.3, 0.4) is 0 Å². The van der Waals surface area contributed by atoms with Gasteiger partial charge in [0.25, 0.3) is 21.8 Å². The molecule has 9 nitrogen and oxygen atoms in total. The molecule has 0 aliphatic heterocycles. The molecule has 2 N–H and O–H groups in total. The van der Waals surface area contributed by atoms with Gasteiger partial charge in [-0.05, 0) is 66.0 Å². The highest BCUT2D eigenvalue weighted by Crippen LogP contribution is 2.26. The van der Waals surface area contributed by atoms with Crippen LogP contribution in [0.25, 0.3) is 22.8 Å². The molecule has 0 radical (unpaired) electrons. The van der Waals surface area contributed by atoms with E-state index < -0.39 is 10.0 Å². The Morgan fingerprint density at radius 1 is 0.912 bits per heavy atom. The van der Waals surface area contributed by atoms with Crippen molar-refractivity contribution in [3.05, 3.63) is 90.2 Å². The molecule has 0 unspecified atom stereocenters. The number of hydrogen-bond acceptors (Lipinski definition) is 8. The van der Waals surface area contributed by atoms with E-state index in [0.717, 1.165) is 11.3 Å². The number of nitrogens with one attached hydrogen (secondary N) is 2. The Hall–Kier alpha value is -4.22. The molecule has 0 spiro atoms. The Balaban J connectivity index is 1.31. The number of carbonyl (C=O) groups excluding carboxylic acids is 1. The van der Waals surface area contributed by atoms with Crippen molar-refractivity contribution in [2.24, 2.45) is 0 Å². The molecule has 11 heteroatoms. The van der Waals surface area contributed by atoms with Crippen molar-refractivity contribution in [1.82, 2.24) is 10.1 Å². The van der Waals surface area contributed by atoms with Crippen LogP contribution in [0.2, 0.25) is 0 Å². The van der Waals surface area contributed by atoms with Gasteiger partial charge in [-0.25, -0.2) is 8.42 Å². The maximum Gasteiger partial charge on any atom is 0.291 e. The van der Waals surface area contributed by atoms with Crippen molar-refractivity contribution in [3.63, 3.8) is 0 Å². The summed E-state index contributed by atoms with van der Waals surface area (Å²) in [6, 6.07) is 20.0. The Morgan fingerprint density at radius 2 is 1.76 bits per heavy atom. The van der Waals surface area contributed by atoms with Gasteiger partial charge in [0.05, 0.1) is 6.26 Å². The first-order valence-corrected chi connectivity index (χ1v) is 12.3. The zero-order valence-electron chi connectivity index (χ0n) is 17.3. The number of benzene rings is 2. The SMILES string of the molecule is O=C(Nc1cccc(-c2nc(-c3ccc(NS(=O)(=O)c4cccs4)cc3)no2)c1)c1ccco1. The van der Waals surface area contributed by atoms with E-state index in [2.05, 4.69) is 20.2 Å². The van der Waals surface area contributed by atoms with Crippen molar-refractivity contribution in [1.29, 1.82) is 0 Å². The summed E-state index contributed by atoms with van der Waals surface area (Å²) in [5.74, 6) is 0.439. The zero-order chi connectivity index (χ0) is 23.5. The van der Waals surface area contributed by atoms with E-state index in [0.29, 0.717) is 28.3 Å². The highest BCUT2D eigenvalue weighted by Gasteiger charge is 2.16. The van der Waals surface area contributed by atoms with Gasteiger partial charge in [-0.2, -0.15) is 4.98 Å². The number of anilines is 2. The molecular weight excluding hydrogens is 476 g/mol. The van der Waals surface area contributed by atoms with Crippen molar-refractivity contribution in [2.45, 2.75) is 4.21 Å². The Bertz CT molecular complexity index is 1520. The summed E-state index contributed by atoms with van der Waals surface area (Å²) < 4.78 is 38.0. The number of aromatic nitrogens is 2. The normalized spacial score (nSPS) is 11.3. The number of thiophene rings is 1. The minimum absolute atomic E-state index is 0.201. The van der Waals surface area contributed by atoms with E-state index in [4.69, 9.17) is 8.94 Å². The van der Waals surface area contributed by atoms with E-state index in [1.165, 1.54) is 6.26 Å². The number of nitrogens with zero attached hydrogens (tertiary/aromatic N) is 2. The maximum atomic E-state index is 12.4. The van der Waals surface area contributed by atoms with Gasteiger partial charge in [-0.1, -0.05) is 17.3 Å². The van der Waals surface area contributed by atoms with Crippen LogP contribution < -0.4 is 10.0 Å². The molecule has 3 heterocycles. The van der Waals surface area contributed by atoms with E-state index in [-0.39, 0.29) is 21.8 Å². The highest BCUT2D eigenvalue weighted by atomic mass is 32.2. The Labute approximate surface area is 198 Å². The molecule has 170 valence electrons. The standard InChI is InChI=1S/C23H16N4O5S2/c28-22(19-6-2-12-31-19)24-18-5-1-4-16(14-18)23-25-21(26-32-23)15-8-10-17(11-9-15)27-34(29,30)20-7-3-13-33-20/h1-14,27H,(H,24,28). The number of hydrogen-bond donors (Lipinski definition) is 2. The molecular formula is C23H16N4O5S2. The molecule has 0 aliphatic rings. The van der Waals surface area contributed by atoms with Crippen molar-refractivity contribution < 1.29 is 22.2 Å². The average molecular weight is 493 g/mol. The molecule has 5 aromatic rings. The van der Waals surface area contributed by atoms with E-state index in [9.17, 15) is 13.2 Å². The lowest BCUT2D eigenvalue weighted by molar-refractivity contribution is 0.0996. The molecule has 0 bridgehead atoms. The van der Waals surface area contributed by atoms with Gasteiger partial charge in [0.15, 0.2) is 5.76 Å². The highest BCUT2D eigenvalue weighted by molar-refractivity contribution is 7.94. The van der Waals surface area contributed by atoms with Crippen LogP contribution in [0.15, 0.2) is 97.6 Å². The first kappa shape index (κ1) is 21.6. The predicted molar refractivity (Wildman–Crippen MR) is 127 cm³/mol. The predicted octanol–water partition coefficient (Wildman–Crippen LogP) is 5.11. The Morgan fingerprint density at radius 3 is 2.50 bits per heavy atom. The second kappa shape index (κ2) is 8.96. The third-order valence-corrected chi connectivity index (χ3v) is 7.47. The second-order valence-electron chi connectivity index (χ2n) is 7.05. The molecule has 2 aromatic carbocycles. The van der Waals surface area contributed by atoms with Gasteiger partial charge in [-0.3, -0.25) is 9.52 Å². The fraction of sp³-hybridized carbons (Fsp3) is 0. The summed E-state index contributed by atoms with van der Waals surface area (Å²) in [5, 5.41) is 8.47. The van der Waals surface area contributed by atoms with Crippen molar-refractivity contribution >= 4 is 38.6 Å². The topological polar surface area (TPSA) is 127 Å². The number of sulfonamides is 1.